The molecule has 2 saturated carbocycles. The number of hydrogen-bond acceptors (Lipinski definition) is 4. The number of likely N-dealkylation sites (tertiary alicyclic amines) is 1. The van der Waals surface area contributed by atoms with Crippen molar-refractivity contribution < 1.29 is 19.5 Å². The lowest BCUT2D eigenvalue weighted by molar-refractivity contribution is -0.143. The van der Waals surface area contributed by atoms with E-state index < -0.39 is 5.97 Å². The highest BCUT2D eigenvalue weighted by molar-refractivity contribution is 6.06. The quantitative estimate of drug-likeness (QED) is 0.731. The van der Waals surface area contributed by atoms with Crippen LogP contribution in [0.15, 0.2) is 0 Å². The zero-order chi connectivity index (χ0) is 15.0. The molecule has 0 bridgehead atoms. The van der Waals surface area contributed by atoms with Crippen LogP contribution in [0.25, 0.3) is 0 Å². The van der Waals surface area contributed by atoms with E-state index in [-0.39, 0.29) is 36.2 Å². The zero-order valence-corrected chi connectivity index (χ0v) is 12.1. The van der Waals surface area contributed by atoms with Crippen LogP contribution in [0.1, 0.15) is 44.9 Å². The van der Waals surface area contributed by atoms with Gasteiger partial charge in [-0.15, -0.1) is 0 Å². The number of nitrogens with zero attached hydrogens (tertiary/aromatic N) is 1. The maximum Gasteiger partial charge on any atom is 0.306 e. The molecular formula is C15H22N2O4. The summed E-state index contributed by atoms with van der Waals surface area (Å²) in [6.07, 6.45) is 5.36. The molecule has 1 unspecified atom stereocenters. The fourth-order valence-corrected chi connectivity index (χ4v) is 3.45. The van der Waals surface area contributed by atoms with Crippen LogP contribution in [-0.2, 0) is 14.4 Å². The molecule has 0 aromatic rings. The minimum absolute atomic E-state index is 0.0467. The molecule has 2 N–H and O–H groups in total. The molecule has 1 heterocycles. The summed E-state index contributed by atoms with van der Waals surface area (Å²) in [5, 5.41) is 12.2. The predicted molar refractivity (Wildman–Crippen MR) is 74.4 cm³/mol. The summed E-state index contributed by atoms with van der Waals surface area (Å²) < 4.78 is 0. The highest BCUT2D eigenvalue weighted by atomic mass is 16.4. The number of hydrogen-bond donors (Lipinski definition) is 2. The first-order valence-electron chi connectivity index (χ1n) is 7.88. The molecule has 3 aliphatic rings. The summed E-state index contributed by atoms with van der Waals surface area (Å²) in [5.74, 6) is -0.603. The van der Waals surface area contributed by atoms with Crippen LogP contribution in [0.2, 0.25) is 0 Å². The van der Waals surface area contributed by atoms with Crippen LogP contribution in [0.5, 0.6) is 0 Å². The summed E-state index contributed by atoms with van der Waals surface area (Å²) in [6.45, 7) is 0.703. The summed E-state index contributed by atoms with van der Waals surface area (Å²) in [6, 6.07) is -0.210. The average Bonchev–Trinajstić information content (AvgIpc) is 3.24. The summed E-state index contributed by atoms with van der Waals surface area (Å²) in [7, 11) is 0. The molecule has 21 heavy (non-hydrogen) atoms. The normalized spacial score (nSPS) is 33.5. The van der Waals surface area contributed by atoms with Gasteiger partial charge in [0.25, 0.3) is 0 Å². The Kier molecular flexibility index (Phi) is 3.97. The first-order chi connectivity index (χ1) is 10.1. The molecule has 0 radical (unpaired) electrons. The summed E-state index contributed by atoms with van der Waals surface area (Å²) in [5.41, 5.74) is 0. The standard InChI is InChI=1S/C15H22N2O4/c18-13-7-12(14(19)17(13)11-5-6-11)16-8-9-1-3-10(4-2-9)15(20)21/h9-12,16H,1-8H2,(H,20,21). The maximum absolute atomic E-state index is 12.2. The number of aliphatic carboxylic acids is 1. The van der Waals surface area contributed by atoms with Crippen LogP contribution in [-0.4, -0.2) is 46.4 Å². The molecule has 116 valence electrons. The molecule has 3 rings (SSSR count). The topological polar surface area (TPSA) is 86.7 Å². The van der Waals surface area contributed by atoms with Gasteiger partial charge < -0.3 is 10.4 Å². The molecule has 0 spiro atoms. The van der Waals surface area contributed by atoms with Gasteiger partial charge in [-0.05, 0) is 51.0 Å². The number of rotatable bonds is 5. The number of carboxylic acids is 1. The number of carbonyl (C=O) groups is 3. The second kappa shape index (κ2) is 5.75. The molecule has 2 aliphatic carbocycles. The molecule has 1 saturated heterocycles. The van der Waals surface area contributed by atoms with Crippen molar-refractivity contribution in [2.75, 3.05) is 6.54 Å². The highest BCUT2D eigenvalue weighted by Gasteiger charge is 2.46. The van der Waals surface area contributed by atoms with Crippen molar-refractivity contribution in [2.24, 2.45) is 11.8 Å². The predicted octanol–water partition coefficient (Wildman–Crippen LogP) is 0.757. The van der Waals surface area contributed by atoms with Crippen molar-refractivity contribution in [1.82, 2.24) is 10.2 Å². The van der Waals surface area contributed by atoms with Crippen LogP contribution >= 0.6 is 0 Å². The van der Waals surface area contributed by atoms with Gasteiger partial charge in [0.05, 0.1) is 18.4 Å². The van der Waals surface area contributed by atoms with Crippen molar-refractivity contribution in [2.45, 2.75) is 57.0 Å². The maximum atomic E-state index is 12.2. The van der Waals surface area contributed by atoms with Gasteiger partial charge in [-0.25, -0.2) is 0 Å². The van der Waals surface area contributed by atoms with E-state index >= 15 is 0 Å². The van der Waals surface area contributed by atoms with Crippen molar-refractivity contribution in [3.8, 4) is 0 Å². The number of carboxylic acid groups (broad SMARTS) is 1. The van der Waals surface area contributed by atoms with E-state index in [0.29, 0.717) is 25.3 Å². The summed E-state index contributed by atoms with van der Waals surface area (Å²) >= 11 is 0. The smallest absolute Gasteiger partial charge is 0.306 e. The third kappa shape index (κ3) is 3.10. The van der Waals surface area contributed by atoms with Gasteiger partial charge in [0.1, 0.15) is 0 Å². The van der Waals surface area contributed by atoms with E-state index in [1.807, 2.05) is 0 Å². The van der Waals surface area contributed by atoms with Crippen LogP contribution < -0.4 is 5.32 Å². The lowest BCUT2D eigenvalue weighted by Gasteiger charge is -2.27. The molecule has 0 aromatic carbocycles. The average molecular weight is 294 g/mol. The second-order valence-corrected chi connectivity index (χ2v) is 6.55. The lowest BCUT2D eigenvalue weighted by atomic mass is 9.82. The van der Waals surface area contributed by atoms with Crippen LogP contribution in [0.4, 0.5) is 0 Å². The first-order valence-corrected chi connectivity index (χ1v) is 7.88. The van der Waals surface area contributed by atoms with Gasteiger partial charge in [0, 0.05) is 6.04 Å². The SMILES string of the molecule is O=C(O)C1CCC(CNC2CC(=O)N(C3CC3)C2=O)CC1. The molecule has 0 aromatic heterocycles. The molecular weight excluding hydrogens is 272 g/mol. The Hall–Kier alpha value is -1.43. The van der Waals surface area contributed by atoms with Gasteiger partial charge in [0.15, 0.2) is 0 Å². The van der Waals surface area contributed by atoms with E-state index in [1.165, 1.54) is 4.90 Å². The Morgan fingerprint density at radius 2 is 1.81 bits per heavy atom. The van der Waals surface area contributed by atoms with Crippen molar-refractivity contribution >= 4 is 17.8 Å². The van der Waals surface area contributed by atoms with Gasteiger partial charge in [-0.3, -0.25) is 19.3 Å². The van der Waals surface area contributed by atoms with Gasteiger partial charge in [0.2, 0.25) is 11.8 Å². The Labute approximate surface area is 123 Å². The Morgan fingerprint density at radius 3 is 2.38 bits per heavy atom. The zero-order valence-electron chi connectivity index (χ0n) is 12.1. The Bertz CT molecular complexity index is 453. The van der Waals surface area contributed by atoms with Crippen molar-refractivity contribution in [3.05, 3.63) is 0 Å². The number of amides is 2. The van der Waals surface area contributed by atoms with E-state index in [0.717, 1.165) is 25.7 Å². The molecule has 6 heteroatoms. The van der Waals surface area contributed by atoms with Crippen molar-refractivity contribution in [3.63, 3.8) is 0 Å². The molecule has 2 amide bonds. The fraction of sp³-hybridized carbons (Fsp3) is 0.800. The van der Waals surface area contributed by atoms with Crippen LogP contribution in [0.3, 0.4) is 0 Å². The Balaban J connectivity index is 1.45. The van der Waals surface area contributed by atoms with Gasteiger partial charge in [-0.2, -0.15) is 0 Å². The second-order valence-electron chi connectivity index (χ2n) is 6.55. The minimum atomic E-state index is -0.696. The van der Waals surface area contributed by atoms with E-state index in [9.17, 15) is 14.4 Å². The fourth-order valence-electron chi connectivity index (χ4n) is 3.45. The lowest BCUT2D eigenvalue weighted by Crippen LogP contribution is -2.42. The third-order valence-electron chi connectivity index (χ3n) is 4.94. The minimum Gasteiger partial charge on any atom is -0.481 e. The van der Waals surface area contributed by atoms with Gasteiger partial charge >= 0.3 is 5.97 Å². The van der Waals surface area contributed by atoms with E-state index in [2.05, 4.69) is 5.32 Å². The van der Waals surface area contributed by atoms with E-state index in [1.54, 1.807) is 0 Å². The monoisotopic (exact) mass is 294 g/mol. The third-order valence-corrected chi connectivity index (χ3v) is 4.94. The number of carbonyl (C=O) groups excluding carboxylic acids is 2. The molecule has 1 aliphatic heterocycles. The van der Waals surface area contributed by atoms with Crippen molar-refractivity contribution in [1.29, 1.82) is 0 Å². The molecule has 3 fully saturated rings. The molecule has 6 nitrogen and oxygen atoms in total. The van der Waals surface area contributed by atoms with Gasteiger partial charge in [-0.1, -0.05) is 0 Å². The first kappa shape index (κ1) is 14.5. The summed E-state index contributed by atoms with van der Waals surface area (Å²) in [4.78, 5) is 36.4. The number of nitrogens with one attached hydrogen (secondary N) is 1. The van der Waals surface area contributed by atoms with E-state index in [4.69, 9.17) is 5.11 Å². The Morgan fingerprint density at radius 1 is 1.14 bits per heavy atom. The molecule has 1 atom stereocenters. The highest BCUT2D eigenvalue weighted by Crippen LogP contribution is 2.32. The number of imide groups is 1. The van der Waals surface area contributed by atoms with Crippen LogP contribution in [0, 0.1) is 11.8 Å². The largest absolute Gasteiger partial charge is 0.481 e.